The number of hydrogen-bond acceptors (Lipinski definition) is 3. The van der Waals surface area contributed by atoms with Crippen molar-refractivity contribution in [1.29, 1.82) is 0 Å². The molecule has 0 bridgehead atoms. The molecular weight excluding hydrogens is 194 g/mol. The van der Waals surface area contributed by atoms with Crippen LogP contribution < -0.4 is 10.6 Å². The number of nitrogens with one attached hydrogen (secondary N) is 2. The Labute approximate surface area is 89.2 Å². The molecule has 2 N–H and O–H groups in total. The normalized spacial score (nSPS) is 12.6. The van der Waals surface area contributed by atoms with Gasteiger partial charge in [0.25, 0.3) is 0 Å². The Morgan fingerprint density at radius 3 is 2.60 bits per heavy atom. The summed E-state index contributed by atoms with van der Waals surface area (Å²) in [4.78, 5) is 11.4. The number of carbonyl (C=O) groups excluding carboxylic acids is 1. The average molecular weight is 211 g/mol. The molecule has 1 heterocycles. The van der Waals surface area contributed by atoms with E-state index in [0.29, 0.717) is 17.5 Å². The average Bonchev–Trinajstić information content (AvgIpc) is 2.50. The zero-order valence-electron chi connectivity index (χ0n) is 9.50. The van der Waals surface area contributed by atoms with Crippen molar-refractivity contribution in [2.24, 2.45) is 5.92 Å². The number of hydrogen-bond donors (Lipinski definition) is 2. The Kier molecular flexibility index (Phi) is 3.71. The summed E-state index contributed by atoms with van der Waals surface area (Å²) >= 11 is 0. The number of aryl methyl sites for hydroxylation is 1. The molecule has 0 aliphatic heterocycles. The fourth-order valence-electron chi connectivity index (χ4n) is 0.951. The van der Waals surface area contributed by atoms with E-state index >= 15 is 0 Å². The number of urea groups is 1. The third-order valence-corrected chi connectivity index (χ3v) is 2.23. The Balaban J connectivity index is 2.43. The van der Waals surface area contributed by atoms with E-state index in [2.05, 4.69) is 15.8 Å². The summed E-state index contributed by atoms with van der Waals surface area (Å²) in [5, 5.41) is 9.06. The molecule has 5 heteroatoms. The van der Waals surface area contributed by atoms with E-state index < -0.39 is 0 Å². The quantitative estimate of drug-likeness (QED) is 0.805. The molecule has 5 nitrogen and oxygen atoms in total. The van der Waals surface area contributed by atoms with E-state index in [-0.39, 0.29) is 12.1 Å². The van der Waals surface area contributed by atoms with Gasteiger partial charge in [-0.25, -0.2) is 4.79 Å². The molecule has 1 aromatic heterocycles. The van der Waals surface area contributed by atoms with Gasteiger partial charge in [-0.3, -0.25) is 5.32 Å². The summed E-state index contributed by atoms with van der Waals surface area (Å²) in [6, 6.07) is 1.53. The molecule has 84 valence electrons. The molecule has 0 aliphatic rings. The topological polar surface area (TPSA) is 67.2 Å². The van der Waals surface area contributed by atoms with E-state index in [1.807, 2.05) is 20.8 Å². The number of amides is 2. The first-order valence-corrected chi connectivity index (χ1v) is 5.00. The predicted octanol–water partition coefficient (Wildman–Crippen LogP) is 2.15. The second-order valence-corrected chi connectivity index (χ2v) is 3.95. The van der Waals surface area contributed by atoms with E-state index in [1.165, 1.54) is 0 Å². The molecule has 1 aromatic rings. The summed E-state index contributed by atoms with van der Waals surface area (Å²) in [5.41, 5.74) is 0. The highest BCUT2D eigenvalue weighted by atomic mass is 16.5. The van der Waals surface area contributed by atoms with E-state index in [0.717, 1.165) is 0 Å². The lowest BCUT2D eigenvalue weighted by atomic mass is 10.1. The molecule has 0 saturated carbocycles. The first-order chi connectivity index (χ1) is 6.99. The van der Waals surface area contributed by atoms with E-state index in [1.54, 1.807) is 13.0 Å². The van der Waals surface area contributed by atoms with Gasteiger partial charge in [-0.1, -0.05) is 19.0 Å². The van der Waals surface area contributed by atoms with Gasteiger partial charge < -0.3 is 9.84 Å². The largest absolute Gasteiger partial charge is 0.360 e. The highest BCUT2D eigenvalue weighted by molar-refractivity contribution is 5.88. The number of carbonyl (C=O) groups is 1. The minimum absolute atomic E-state index is 0.123. The number of aromatic nitrogens is 1. The van der Waals surface area contributed by atoms with Gasteiger partial charge in [0.2, 0.25) is 0 Å². The van der Waals surface area contributed by atoms with E-state index in [9.17, 15) is 4.79 Å². The second-order valence-electron chi connectivity index (χ2n) is 3.95. The number of nitrogens with zero attached hydrogens (tertiary/aromatic N) is 1. The summed E-state index contributed by atoms with van der Waals surface area (Å²) in [5.74, 6) is 1.50. The lowest BCUT2D eigenvalue weighted by molar-refractivity contribution is 0.245. The van der Waals surface area contributed by atoms with Gasteiger partial charge >= 0.3 is 6.03 Å². The van der Waals surface area contributed by atoms with Crippen molar-refractivity contribution in [2.75, 3.05) is 5.32 Å². The van der Waals surface area contributed by atoms with Gasteiger partial charge in [-0.2, -0.15) is 0 Å². The molecular formula is C10H17N3O2. The van der Waals surface area contributed by atoms with Crippen molar-refractivity contribution in [3.63, 3.8) is 0 Å². The number of rotatable bonds is 3. The van der Waals surface area contributed by atoms with Crippen molar-refractivity contribution in [2.45, 2.75) is 33.7 Å². The summed E-state index contributed by atoms with van der Waals surface area (Å²) in [6.07, 6.45) is 0. The van der Waals surface area contributed by atoms with Crippen LogP contribution >= 0.6 is 0 Å². The Hall–Kier alpha value is -1.52. The Morgan fingerprint density at radius 1 is 1.47 bits per heavy atom. The van der Waals surface area contributed by atoms with Crippen molar-refractivity contribution >= 4 is 11.8 Å². The van der Waals surface area contributed by atoms with Gasteiger partial charge in [0.05, 0.1) is 0 Å². The van der Waals surface area contributed by atoms with Crippen LogP contribution in [0.2, 0.25) is 0 Å². The minimum atomic E-state index is -0.260. The lowest BCUT2D eigenvalue weighted by Gasteiger charge is -2.16. The smallest absolute Gasteiger partial charge is 0.320 e. The van der Waals surface area contributed by atoms with Crippen molar-refractivity contribution in [1.82, 2.24) is 10.5 Å². The fraction of sp³-hybridized carbons (Fsp3) is 0.600. The third kappa shape index (κ3) is 3.61. The zero-order chi connectivity index (χ0) is 11.4. The predicted molar refractivity (Wildman–Crippen MR) is 57.7 cm³/mol. The molecule has 0 saturated heterocycles. The molecule has 2 amide bonds. The zero-order valence-corrected chi connectivity index (χ0v) is 9.50. The van der Waals surface area contributed by atoms with Crippen molar-refractivity contribution in [3.8, 4) is 0 Å². The third-order valence-electron chi connectivity index (χ3n) is 2.23. The maximum absolute atomic E-state index is 11.4. The Morgan fingerprint density at radius 2 is 2.13 bits per heavy atom. The highest BCUT2D eigenvalue weighted by Gasteiger charge is 2.11. The van der Waals surface area contributed by atoms with Crippen LogP contribution in [0, 0.1) is 12.8 Å². The Bertz CT molecular complexity index is 333. The van der Waals surface area contributed by atoms with Gasteiger partial charge in [0.15, 0.2) is 5.82 Å². The van der Waals surface area contributed by atoms with Gasteiger partial charge in [0.1, 0.15) is 5.76 Å². The fourth-order valence-corrected chi connectivity index (χ4v) is 0.951. The standard InChI is InChI=1S/C10H17N3O2/c1-6(2)8(4)11-10(14)12-9-5-7(3)15-13-9/h5-6,8H,1-4H3,(H2,11,12,13,14). The summed E-state index contributed by atoms with van der Waals surface area (Å²) in [6.45, 7) is 7.82. The summed E-state index contributed by atoms with van der Waals surface area (Å²) in [7, 11) is 0. The van der Waals surface area contributed by atoms with Gasteiger partial charge in [-0.15, -0.1) is 0 Å². The van der Waals surface area contributed by atoms with Crippen LogP contribution in [-0.2, 0) is 0 Å². The van der Waals surface area contributed by atoms with Crippen molar-refractivity contribution < 1.29 is 9.32 Å². The van der Waals surface area contributed by atoms with Crippen LogP contribution in [0.25, 0.3) is 0 Å². The highest BCUT2D eigenvalue weighted by Crippen LogP contribution is 2.07. The number of anilines is 1. The lowest BCUT2D eigenvalue weighted by Crippen LogP contribution is -2.39. The van der Waals surface area contributed by atoms with Crippen LogP contribution in [0.3, 0.4) is 0 Å². The molecule has 15 heavy (non-hydrogen) atoms. The summed E-state index contributed by atoms with van der Waals surface area (Å²) < 4.78 is 4.83. The van der Waals surface area contributed by atoms with Gasteiger partial charge in [0, 0.05) is 12.1 Å². The van der Waals surface area contributed by atoms with Crippen LogP contribution in [0.15, 0.2) is 10.6 Å². The first-order valence-electron chi connectivity index (χ1n) is 5.00. The molecule has 1 atom stereocenters. The minimum Gasteiger partial charge on any atom is -0.360 e. The molecule has 0 aliphatic carbocycles. The second kappa shape index (κ2) is 4.82. The molecule has 1 rings (SSSR count). The first kappa shape index (κ1) is 11.6. The van der Waals surface area contributed by atoms with Gasteiger partial charge in [-0.05, 0) is 19.8 Å². The maximum atomic E-state index is 11.4. The van der Waals surface area contributed by atoms with Crippen LogP contribution in [-0.4, -0.2) is 17.2 Å². The van der Waals surface area contributed by atoms with E-state index in [4.69, 9.17) is 4.52 Å². The van der Waals surface area contributed by atoms with Crippen LogP contribution in [0.5, 0.6) is 0 Å². The monoisotopic (exact) mass is 211 g/mol. The molecule has 0 spiro atoms. The maximum Gasteiger partial charge on any atom is 0.320 e. The molecule has 0 fully saturated rings. The van der Waals surface area contributed by atoms with Crippen LogP contribution in [0.4, 0.5) is 10.6 Å². The van der Waals surface area contributed by atoms with Crippen LogP contribution in [0.1, 0.15) is 26.5 Å². The SMILES string of the molecule is Cc1cc(NC(=O)NC(C)C(C)C)no1. The van der Waals surface area contributed by atoms with Crippen molar-refractivity contribution in [3.05, 3.63) is 11.8 Å². The molecule has 0 aromatic carbocycles. The molecule has 0 radical (unpaired) electrons. The molecule has 1 unspecified atom stereocenters.